The zero-order valence-corrected chi connectivity index (χ0v) is 20.2. The Hall–Kier alpha value is -1.71. The lowest BCUT2D eigenvalue weighted by atomic mass is 9.87. The first kappa shape index (κ1) is 25.4. The highest BCUT2D eigenvalue weighted by atomic mass is 35.5. The number of benzene rings is 2. The molecule has 0 amide bonds. The van der Waals surface area contributed by atoms with Crippen molar-refractivity contribution < 1.29 is 34.6 Å². The third-order valence-electron chi connectivity index (χ3n) is 6.97. The molecule has 1 aliphatic carbocycles. The molecular formula is C26H33ClO7. The van der Waals surface area contributed by atoms with Crippen molar-refractivity contribution in [3.63, 3.8) is 0 Å². The van der Waals surface area contributed by atoms with E-state index in [1.165, 1.54) is 13.5 Å². The van der Waals surface area contributed by atoms with Crippen molar-refractivity contribution in [2.45, 2.75) is 68.9 Å². The van der Waals surface area contributed by atoms with Crippen molar-refractivity contribution in [2.75, 3.05) is 13.7 Å². The second kappa shape index (κ2) is 10.5. The molecule has 1 aliphatic heterocycles. The Morgan fingerprint density at radius 3 is 2.41 bits per heavy atom. The van der Waals surface area contributed by atoms with Gasteiger partial charge in [0.1, 0.15) is 30.2 Å². The summed E-state index contributed by atoms with van der Waals surface area (Å²) in [6.07, 6.45) is -1.58. The number of hydrogen-bond donors (Lipinski definition) is 4. The summed E-state index contributed by atoms with van der Waals surface area (Å²) in [6.45, 7) is 1.70. The van der Waals surface area contributed by atoms with Crippen molar-refractivity contribution in [3.05, 3.63) is 64.2 Å². The molecule has 0 radical (unpaired) electrons. The highest BCUT2D eigenvalue weighted by molar-refractivity contribution is 6.31. The van der Waals surface area contributed by atoms with Gasteiger partial charge >= 0.3 is 0 Å². The average molecular weight is 493 g/mol. The van der Waals surface area contributed by atoms with Crippen LogP contribution in [0.4, 0.5) is 0 Å². The summed E-state index contributed by atoms with van der Waals surface area (Å²) in [7, 11) is 1.33. The minimum Gasteiger partial charge on any atom is -0.490 e. The van der Waals surface area contributed by atoms with E-state index in [2.05, 4.69) is 6.92 Å². The third kappa shape index (κ3) is 4.97. The van der Waals surface area contributed by atoms with Gasteiger partial charge < -0.3 is 34.6 Å². The quantitative estimate of drug-likeness (QED) is 0.470. The zero-order chi connectivity index (χ0) is 24.5. The van der Waals surface area contributed by atoms with E-state index in [1.807, 2.05) is 24.3 Å². The van der Waals surface area contributed by atoms with E-state index in [9.17, 15) is 20.4 Å². The fourth-order valence-electron chi connectivity index (χ4n) is 4.95. The molecule has 7 nitrogen and oxygen atoms in total. The Kier molecular flexibility index (Phi) is 7.84. The summed E-state index contributed by atoms with van der Waals surface area (Å²) in [5.74, 6) is -0.221. The first-order valence-corrected chi connectivity index (χ1v) is 12.1. The maximum atomic E-state index is 10.8. The predicted molar refractivity (Wildman–Crippen MR) is 127 cm³/mol. The number of halogens is 1. The van der Waals surface area contributed by atoms with E-state index in [0.717, 1.165) is 29.7 Å². The first-order chi connectivity index (χ1) is 16.3. The first-order valence-electron chi connectivity index (χ1n) is 11.7. The van der Waals surface area contributed by atoms with Crippen LogP contribution in [0.15, 0.2) is 42.5 Å². The number of aliphatic hydroxyl groups excluding tert-OH is 4. The summed E-state index contributed by atoms with van der Waals surface area (Å²) >= 11 is 6.48. The van der Waals surface area contributed by atoms with Gasteiger partial charge in [-0.3, -0.25) is 0 Å². The Bertz CT molecular complexity index is 966. The molecular weight excluding hydrogens is 460 g/mol. The molecule has 2 aromatic rings. The molecule has 2 fully saturated rings. The van der Waals surface area contributed by atoms with Crippen molar-refractivity contribution in [1.29, 1.82) is 0 Å². The maximum Gasteiger partial charge on any atom is 0.224 e. The molecule has 2 aliphatic rings. The van der Waals surface area contributed by atoms with Crippen LogP contribution in [0.1, 0.15) is 42.9 Å². The Balaban J connectivity index is 1.55. The van der Waals surface area contributed by atoms with Crippen LogP contribution < -0.4 is 4.74 Å². The predicted octanol–water partition coefficient (Wildman–Crippen LogP) is 2.77. The Labute approximate surface area is 204 Å². The van der Waals surface area contributed by atoms with Crippen molar-refractivity contribution in [3.8, 4) is 5.75 Å². The molecule has 0 spiro atoms. The molecule has 8 heteroatoms. The van der Waals surface area contributed by atoms with Crippen LogP contribution in [0.2, 0.25) is 5.02 Å². The van der Waals surface area contributed by atoms with Gasteiger partial charge in [-0.25, -0.2) is 0 Å². The molecule has 4 N–H and O–H groups in total. The average Bonchev–Trinajstić information content (AvgIpc) is 3.25. The molecule has 34 heavy (non-hydrogen) atoms. The normalized spacial score (nSPS) is 33.7. The van der Waals surface area contributed by atoms with E-state index in [4.69, 9.17) is 25.8 Å². The highest BCUT2D eigenvalue weighted by Gasteiger charge is 2.55. The van der Waals surface area contributed by atoms with E-state index in [1.54, 1.807) is 18.2 Å². The minimum absolute atomic E-state index is 0.274. The number of methoxy groups -OCH3 is 1. The lowest BCUT2D eigenvalue weighted by Gasteiger charge is -2.47. The van der Waals surface area contributed by atoms with Crippen LogP contribution in [-0.2, 0) is 21.7 Å². The van der Waals surface area contributed by atoms with E-state index < -0.39 is 36.8 Å². The number of aliphatic hydroxyl groups is 4. The largest absolute Gasteiger partial charge is 0.490 e. The molecule has 2 aromatic carbocycles. The molecule has 7 atom stereocenters. The van der Waals surface area contributed by atoms with Crippen LogP contribution in [0.3, 0.4) is 0 Å². The Morgan fingerprint density at radius 2 is 1.79 bits per heavy atom. The van der Waals surface area contributed by atoms with Gasteiger partial charge in [0.2, 0.25) is 5.79 Å². The molecule has 186 valence electrons. The van der Waals surface area contributed by atoms with Crippen LogP contribution in [0.5, 0.6) is 5.75 Å². The second-order valence-corrected chi connectivity index (χ2v) is 9.83. The van der Waals surface area contributed by atoms with E-state index >= 15 is 0 Å². The molecule has 1 saturated heterocycles. The lowest BCUT2D eigenvalue weighted by molar-refractivity contribution is -0.366. The van der Waals surface area contributed by atoms with Crippen LogP contribution >= 0.6 is 11.6 Å². The molecule has 4 rings (SSSR count). The summed E-state index contributed by atoms with van der Waals surface area (Å²) in [5.41, 5.74) is 2.21. The number of ether oxygens (including phenoxy) is 3. The van der Waals surface area contributed by atoms with Gasteiger partial charge in [0.25, 0.3) is 0 Å². The van der Waals surface area contributed by atoms with Crippen LogP contribution in [-0.4, -0.2) is 64.7 Å². The van der Waals surface area contributed by atoms with Crippen molar-refractivity contribution in [1.82, 2.24) is 0 Å². The van der Waals surface area contributed by atoms with Crippen LogP contribution in [0.25, 0.3) is 0 Å². The van der Waals surface area contributed by atoms with Gasteiger partial charge in [0, 0.05) is 17.7 Å². The van der Waals surface area contributed by atoms with Gasteiger partial charge in [-0.1, -0.05) is 36.7 Å². The number of hydrogen-bond acceptors (Lipinski definition) is 7. The van der Waals surface area contributed by atoms with E-state index in [0.29, 0.717) is 22.9 Å². The Morgan fingerprint density at radius 1 is 1.06 bits per heavy atom. The van der Waals surface area contributed by atoms with Gasteiger partial charge in [-0.15, -0.1) is 0 Å². The molecule has 1 heterocycles. The highest BCUT2D eigenvalue weighted by Crippen LogP contribution is 2.40. The summed E-state index contributed by atoms with van der Waals surface area (Å²) in [4.78, 5) is 0. The van der Waals surface area contributed by atoms with Crippen molar-refractivity contribution in [2.24, 2.45) is 5.92 Å². The molecule has 3 unspecified atom stereocenters. The monoisotopic (exact) mass is 492 g/mol. The van der Waals surface area contributed by atoms with Crippen LogP contribution in [0, 0.1) is 5.92 Å². The maximum absolute atomic E-state index is 10.8. The molecule has 1 saturated carbocycles. The third-order valence-corrected chi connectivity index (χ3v) is 7.34. The van der Waals surface area contributed by atoms with E-state index in [-0.39, 0.29) is 6.10 Å². The zero-order valence-electron chi connectivity index (χ0n) is 19.4. The summed E-state index contributed by atoms with van der Waals surface area (Å²) in [5, 5.41) is 41.4. The fourth-order valence-corrected chi connectivity index (χ4v) is 5.14. The number of rotatable bonds is 7. The molecule has 0 aromatic heterocycles. The SMILES string of the molecule is COC1(c2ccc(Cl)c(Cc3ccc(OC4CCC(C)C4)cc3)c2)O[C@H](CO)[C@@H](O)[C@H](O)[C@H]1O. The standard InChI is InChI=1S/C26H33ClO7/c1-15-3-7-20(11-15)33-19-8-4-16(5-9-19)12-17-13-18(6-10-21(17)27)26(32-2)25(31)24(30)23(29)22(14-28)34-26/h4-6,8-10,13,15,20,22-25,28-31H,3,7,11-12,14H2,1-2H3/t15?,20?,22-,23-,24+,25-,26?/m1/s1. The van der Waals surface area contributed by atoms with Gasteiger partial charge in [-0.05, 0) is 67.0 Å². The molecule has 0 bridgehead atoms. The van der Waals surface area contributed by atoms with Gasteiger partial charge in [0.05, 0.1) is 12.7 Å². The fraction of sp³-hybridized carbons (Fsp3) is 0.538. The summed E-state index contributed by atoms with van der Waals surface area (Å²) < 4.78 is 17.4. The lowest BCUT2D eigenvalue weighted by Crippen LogP contribution is -2.64. The van der Waals surface area contributed by atoms with Crippen molar-refractivity contribution >= 4 is 11.6 Å². The van der Waals surface area contributed by atoms with Gasteiger partial charge in [0.15, 0.2) is 0 Å². The minimum atomic E-state index is -1.78. The smallest absolute Gasteiger partial charge is 0.224 e. The van der Waals surface area contributed by atoms with Gasteiger partial charge in [-0.2, -0.15) is 0 Å². The topological polar surface area (TPSA) is 109 Å². The second-order valence-electron chi connectivity index (χ2n) is 9.42. The summed E-state index contributed by atoms with van der Waals surface area (Å²) in [6, 6.07) is 13.0.